The third kappa shape index (κ3) is 3.24. The van der Waals surface area contributed by atoms with E-state index in [0.717, 1.165) is 0 Å². The maximum atomic E-state index is 9.66. The van der Waals surface area contributed by atoms with Gasteiger partial charge in [-0.2, -0.15) is 12.6 Å². The molecule has 1 aromatic rings. The quantitative estimate of drug-likeness (QED) is 0.477. The van der Waals surface area contributed by atoms with Gasteiger partial charge in [-0.25, -0.2) is 4.98 Å². The molecule has 0 saturated carbocycles. The van der Waals surface area contributed by atoms with Crippen LogP contribution in [0.1, 0.15) is 18.2 Å². The van der Waals surface area contributed by atoms with Crippen molar-refractivity contribution in [3.8, 4) is 5.75 Å². The molecule has 15 heavy (non-hydrogen) atoms. The summed E-state index contributed by atoms with van der Waals surface area (Å²) < 4.78 is 0. The summed E-state index contributed by atoms with van der Waals surface area (Å²) in [7, 11) is 0. The van der Waals surface area contributed by atoms with E-state index in [9.17, 15) is 15.3 Å². The van der Waals surface area contributed by atoms with E-state index in [-0.39, 0.29) is 16.6 Å². The number of nitrogens with zero attached hydrogens (tertiary/aromatic N) is 1. The Hall–Kier alpha value is -0.490. The van der Waals surface area contributed by atoms with Crippen molar-refractivity contribution in [3.05, 3.63) is 23.0 Å². The largest absolute Gasteiger partial charge is 0.506 e. The lowest BCUT2D eigenvalue weighted by atomic mass is 10.1. The van der Waals surface area contributed by atoms with Crippen LogP contribution >= 0.6 is 24.2 Å². The predicted molar refractivity (Wildman–Crippen MR) is 60.3 cm³/mol. The highest BCUT2D eigenvalue weighted by atomic mass is 35.5. The maximum Gasteiger partial charge on any atom is 0.140 e. The first kappa shape index (κ1) is 12.6. The second-order valence-corrected chi connectivity index (χ2v) is 3.90. The molecule has 6 heteroatoms. The standard InChI is InChI=1S/C9H12ClNO3S/c10-7-2-1-5(12)8(11-7)9(14)6(13)3-4-15/h1-2,6,9,12-15H,3-4H2. The monoisotopic (exact) mass is 249 g/mol. The molecule has 0 aliphatic heterocycles. The van der Waals surface area contributed by atoms with E-state index in [4.69, 9.17) is 11.6 Å². The molecule has 0 fully saturated rings. The van der Waals surface area contributed by atoms with Crippen molar-refractivity contribution in [2.45, 2.75) is 18.6 Å². The molecular formula is C9H12ClNO3S. The van der Waals surface area contributed by atoms with E-state index >= 15 is 0 Å². The molecule has 0 aromatic carbocycles. The summed E-state index contributed by atoms with van der Waals surface area (Å²) in [6, 6.07) is 2.72. The van der Waals surface area contributed by atoms with Gasteiger partial charge >= 0.3 is 0 Å². The van der Waals surface area contributed by atoms with Crippen LogP contribution in [0.2, 0.25) is 5.15 Å². The predicted octanol–water partition coefficient (Wildman–Crippen LogP) is 1.15. The summed E-state index contributed by atoms with van der Waals surface area (Å²) in [6.45, 7) is 0. The first-order chi connectivity index (χ1) is 7.06. The minimum atomic E-state index is -1.25. The highest BCUT2D eigenvalue weighted by Crippen LogP contribution is 2.27. The van der Waals surface area contributed by atoms with Crippen LogP contribution in [0, 0.1) is 0 Å². The lowest BCUT2D eigenvalue weighted by molar-refractivity contribution is 0.0133. The molecule has 2 atom stereocenters. The summed E-state index contributed by atoms with van der Waals surface area (Å²) in [5.41, 5.74) is -0.0169. The van der Waals surface area contributed by atoms with Crippen molar-refractivity contribution in [3.63, 3.8) is 0 Å². The Morgan fingerprint density at radius 1 is 1.40 bits per heavy atom. The second kappa shape index (κ2) is 5.55. The molecule has 0 amide bonds. The molecule has 84 valence electrons. The average molecular weight is 250 g/mol. The Bertz CT molecular complexity index is 337. The van der Waals surface area contributed by atoms with E-state index in [0.29, 0.717) is 12.2 Å². The zero-order chi connectivity index (χ0) is 11.4. The van der Waals surface area contributed by atoms with Crippen molar-refractivity contribution in [1.29, 1.82) is 0 Å². The Morgan fingerprint density at radius 2 is 2.07 bits per heavy atom. The number of thiol groups is 1. The van der Waals surface area contributed by atoms with Crippen molar-refractivity contribution in [2.24, 2.45) is 0 Å². The zero-order valence-electron chi connectivity index (χ0n) is 7.84. The molecule has 3 N–H and O–H groups in total. The first-order valence-electron chi connectivity index (χ1n) is 4.38. The van der Waals surface area contributed by atoms with Gasteiger partial charge in [-0.05, 0) is 24.3 Å². The van der Waals surface area contributed by atoms with Crippen LogP contribution in [0.5, 0.6) is 5.75 Å². The van der Waals surface area contributed by atoms with Gasteiger partial charge in [-0.15, -0.1) is 0 Å². The van der Waals surface area contributed by atoms with Crippen LogP contribution in [-0.4, -0.2) is 32.2 Å². The maximum absolute atomic E-state index is 9.66. The van der Waals surface area contributed by atoms with Gasteiger partial charge in [0.1, 0.15) is 22.7 Å². The highest BCUT2D eigenvalue weighted by Gasteiger charge is 2.22. The Morgan fingerprint density at radius 3 is 2.67 bits per heavy atom. The topological polar surface area (TPSA) is 73.6 Å². The third-order valence-corrected chi connectivity index (χ3v) is 2.41. The fourth-order valence-electron chi connectivity index (χ4n) is 1.13. The van der Waals surface area contributed by atoms with Gasteiger partial charge in [0.05, 0.1) is 6.10 Å². The molecule has 0 bridgehead atoms. The van der Waals surface area contributed by atoms with Crippen LogP contribution in [0.15, 0.2) is 12.1 Å². The number of aliphatic hydroxyl groups is 2. The number of rotatable bonds is 4. The summed E-state index contributed by atoms with van der Waals surface area (Å²) in [5.74, 6) is 0.240. The van der Waals surface area contributed by atoms with Gasteiger partial charge in [0.15, 0.2) is 0 Å². The van der Waals surface area contributed by atoms with Crippen LogP contribution in [0.25, 0.3) is 0 Å². The van der Waals surface area contributed by atoms with Crippen molar-refractivity contribution >= 4 is 24.2 Å². The fraction of sp³-hybridized carbons (Fsp3) is 0.444. The Kier molecular flexibility index (Phi) is 4.66. The third-order valence-electron chi connectivity index (χ3n) is 1.94. The van der Waals surface area contributed by atoms with Gasteiger partial charge in [-0.1, -0.05) is 11.6 Å². The van der Waals surface area contributed by atoms with Gasteiger partial charge in [-0.3, -0.25) is 0 Å². The number of hydrogen-bond acceptors (Lipinski definition) is 5. The lowest BCUT2D eigenvalue weighted by Crippen LogP contribution is -2.19. The number of hydrogen-bond donors (Lipinski definition) is 4. The number of pyridine rings is 1. The van der Waals surface area contributed by atoms with E-state index < -0.39 is 12.2 Å². The molecule has 1 heterocycles. The summed E-state index contributed by atoms with van der Waals surface area (Å²) in [5, 5.41) is 28.7. The van der Waals surface area contributed by atoms with Crippen LogP contribution < -0.4 is 0 Å². The van der Waals surface area contributed by atoms with Crippen molar-refractivity contribution in [1.82, 2.24) is 4.98 Å². The van der Waals surface area contributed by atoms with Gasteiger partial charge in [0.25, 0.3) is 0 Å². The van der Waals surface area contributed by atoms with E-state index in [1.54, 1.807) is 0 Å². The smallest absolute Gasteiger partial charge is 0.140 e. The van der Waals surface area contributed by atoms with Crippen LogP contribution in [0.3, 0.4) is 0 Å². The molecule has 0 aliphatic rings. The van der Waals surface area contributed by atoms with Gasteiger partial charge in [0, 0.05) is 0 Å². The van der Waals surface area contributed by atoms with Crippen LogP contribution in [0.4, 0.5) is 0 Å². The van der Waals surface area contributed by atoms with E-state index in [2.05, 4.69) is 17.6 Å². The van der Waals surface area contributed by atoms with Crippen molar-refractivity contribution in [2.75, 3.05) is 5.75 Å². The number of aromatic hydroxyl groups is 1. The fourth-order valence-corrected chi connectivity index (χ4v) is 1.55. The molecule has 0 aliphatic carbocycles. The van der Waals surface area contributed by atoms with Crippen molar-refractivity contribution < 1.29 is 15.3 Å². The molecule has 0 radical (unpaired) electrons. The zero-order valence-corrected chi connectivity index (χ0v) is 9.49. The molecule has 2 unspecified atom stereocenters. The SMILES string of the molecule is Oc1ccc(Cl)nc1C(O)C(O)CCS. The van der Waals surface area contributed by atoms with Gasteiger partial charge < -0.3 is 15.3 Å². The molecule has 0 spiro atoms. The normalized spacial score (nSPS) is 14.9. The van der Waals surface area contributed by atoms with E-state index in [1.807, 2.05) is 0 Å². The Labute approximate surface area is 98.0 Å². The van der Waals surface area contributed by atoms with Crippen LogP contribution in [-0.2, 0) is 0 Å². The summed E-state index contributed by atoms with van der Waals surface area (Å²) >= 11 is 9.55. The number of halogens is 1. The minimum absolute atomic E-state index is 0.0169. The molecule has 4 nitrogen and oxygen atoms in total. The Balaban J connectivity index is 2.89. The number of aromatic nitrogens is 1. The number of aliphatic hydroxyl groups excluding tert-OH is 2. The first-order valence-corrected chi connectivity index (χ1v) is 5.39. The highest BCUT2D eigenvalue weighted by molar-refractivity contribution is 7.80. The van der Waals surface area contributed by atoms with E-state index in [1.165, 1.54) is 12.1 Å². The molecule has 0 saturated heterocycles. The summed E-state index contributed by atoms with van der Waals surface area (Å²) in [6.07, 6.45) is -1.96. The summed E-state index contributed by atoms with van der Waals surface area (Å²) in [4.78, 5) is 3.76. The molecule has 1 aromatic heterocycles. The molecule has 1 rings (SSSR count). The van der Waals surface area contributed by atoms with Gasteiger partial charge in [0.2, 0.25) is 0 Å². The second-order valence-electron chi connectivity index (χ2n) is 3.06. The minimum Gasteiger partial charge on any atom is -0.506 e. The lowest BCUT2D eigenvalue weighted by Gasteiger charge is -2.17. The average Bonchev–Trinajstić information content (AvgIpc) is 2.21. The molecular weight excluding hydrogens is 238 g/mol.